The Morgan fingerprint density at radius 1 is 1.24 bits per heavy atom. The molecule has 0 saturated carbocycles. The molecule has 0 aliphatic carbocycles. The van der Waals surface area contributed by atoms with Gasteiger partial charge in [-0.05, 0) is 42.3 Å². The van der Waals surface area contributed by atoms with Crippen LogP contribution < -0.4 is 15.7 Å². The van der Waals surface area contributed by atoms with Gasteiger partial charge in [0.2, 0.25) is 5.91 Å². The number of amides is 1. The van der Waals surface area contributed by atoms with Crippen LogP contribution in [0.1, 0.15) is 16.7 Å². The van der Waals surface area contributed by atoms with Crippen molar-refractivity contribution in [2.75, 3.05) is 7.11 Å². The summed E-state index contributed by atoms with van der Waals surface area (Å²) in [7, 11) is 1.55. The summed E-state index contributed by atoms with van der Waals surface area (Å²) < 4.78 is 10.5. The summed E-state index contributed by atoms with van der Waals surface area (Å²) >= 11 is 0. The van der Waals surface area contributed by atoms with Crippen molar-refractivity contribution in [2.24, 2.45) is 0 Å². The fraction of sp³-hybridized carbons (Fsp3) is 0.211. The molecule has 1 N–H and O–H groups in total. The molecule has 3 rings (SSSR count). The minimum absolute atomic E-state index is 0.0266. The molecule has 0 saturated heterocycles. The lowest BCUT2D eigenvalue weighted by molar-refractivity contribution is -0.120. The first-order valence-corrected chi connectivity index (χ1v) is 7.84. The molecule has 0 unspecified atom stereocenters. The van der Waals surface area contributed by atoms with E-state index in [9.17, 15) is 9.59 Å². The van der Waals surface area contributed by atoms with E-state index >= 15 is 0 Å². The zero-order valence-electron chi connectivity index (χ0n) is 14.0. The molecule has 2 heterocycles. The van der Waals surface area contributed by atoms with Crippen molar-refractivity contribution in [1.82, 2.24) is 10.3 Å². The number of fused-ring (bicyclic) bond motifs is 1. The highest BCUT2D eigenvalue weighted by atomic mass is 16.5. The first kappa shape index (κ1) is 16.7. The fourth-order valence-electron chi connectivity index (χ4n) is 2.63. The third kappa shape index (κ3) is 3.68. The van der Waals surface area contributed by atoms with Crippen LogP contribution in [0.2, 0.25) is 0 Å². The standard InChI is InChI=1S/C19H18N2O4/c1-12-15-4-3-14(24-2)9-17(15)25-19(23)16(12)10-18(22)21-11-13-5-7-20-8-6-13/h3-9H,10-11H2,1-2H3,(H,21,22). The smallest absolute Gasteiger partial charge is 0.340 e. The maximum absolute atomic E-state index is 12.3. The number of aromatic nitrogens is 1. The van der Waals surface area contributed by atoms with Gasteiger partial charge in [0, 0.05) is 30.4 Å². The lowest BCUT2D eigenvalue weighted by Crippen LogP contribution is -2.27. The molecule has 1 aromatic carbocycles. The maximum atomic E-state index is 12.3. The molecule has 0 spiro atoms. The lowest BCUT2D eigenvalue weighted by Gasteiger charge is -2.09. The SMILES string of the molecule is COc1ccc2c(C)c(CC(=O)NCc3ccncc3)c(=O)oc2c1. The third-order valence-electron chi connectivity index (χ3n) is 4.07. The molecule has 6 nitrogen and oxygen atoms in total. The molecule has 0 radical (unpaired) electrons. The number of carbonyl (C=O) groups excluding carboxylic acids is 1. The highest BCUT2D eigenvalue weighted by molar-refractivity contribution is 5.85. The molecular weight excluding hydrogens is 320 g/mol. The third-order valence-corrected chi connectivity index (χ3v) is 4.07. The summed E-state index contributed by atoms with van der Waals surface area (Å²) in [5.74, 6) is 0.373. The topological polar surface area (TPSA) is 81.4 Å². The molecule has 6 heteroatoms. The van der Waals surface area contributed by atoms with Crippen molar-refractivity contribution in [1.29, 1.82) is 0 Å². The van der Waals surface area contributed by atoms with E-state index in [1.54, 1.807) is 31.6 Å². The Hall–Kier alpha value is -3.15. The van der Waals surface area contributed by atoms with Gasteiger partial charge in [-0.15, -0.1) is 0 Å². The van der Waals surface area contributed by atoms with E-state index in [2.05, 4.69) is 10.3 Å². The van der Waals surface area contributed by atoms with Gasteiger partial charge in [0.1, 0.15) is 11.3 Å². The fourth-order valence-corrected chi connectivity index (χ4v) is 2.63. The Balaban J connectivity index is 1.81. The van der Waals surface area contributed by atoms with Crippen molar-refractivity contribution in [3.05, 3.63) is 69.8 Å². The number of hydrogen-bond acceptors (Lipinski definition) is 5. The van der Waals surface area contributed by atoms with Crippen LogP contribution in [0, 0.1) is 6.92 Å². The summed E-state index contributed by atoms with van der Waals surface area (Å²) in [6, 6.07) is 8.93. The van der Waals surface area contributed by atoms with Gasteiger partial charge >= 0.3 is 5.63 Å². The van der Waals surface area contributed by atoms with Gasteiger partial charge in [0.05, 0.1) is 19.1 Å². The van der Waals surface area contributed by atoms with Crippen LogP contribution in [0.5, 0.6) is 5.75 Å². The molecule has 3 aromatic rings. The van der Waals surface area contributed by atoms with Crippen molar-refractivity contribution >= 4 is 16.9 Å². The Bertz CT molecular complexity index is 964. The summed E-state index contributed by atoms with van der Waals surface area (Å²) in [5.41, 5.74) is 2.00. The zero-order chi connectivity index (χ0) is 17.8. The maximum Gasteiger partial charge on any atom is 0.340 e. The summed E-state index contributed by atoms with van der Waals surface area (Å²) in [6.45, 7) is 2.20. The molecule has 0 aliphatic heterocycles. The average Bonchev–Trinajstić information content (AvgIpc) is 2.63. The molecule has 0 fully saturated rings. The molecule has 0 aliphatic rings. The van der Waals surface area contributed by atoms with Crippen LogP contribution in [0.4, 0.5) is 0 Å². The molecule has 1 amide bonds. The number of aryl methyl sites for hydroxylation is 1. The number of rotatable bonds is 5. The van der Waals surface area contributed by atoms with Crippen molar-refractivity contribution < 1.29 is 13.9 Å². The van der Waals surface area contributed by atoms with Crippen LogP contribution in [0.15, 0.2) is 51.9 Å². The number of pyridine rings is 1. The van der Waals surface area contributed by atoms with Crippen LogP contribution in [-0.4, -0.2) is 18.0 Å². The predicted octanol–water partition coefficient (Wildman–Crippen LogP) is 2.36. The quantitative estimate of drug-likeness (QED) is 0.722. The second-order valence-electron chi connectivity index (χ2n) is 5.66. The highest BCUT2D eigenvalue weighted by Gasteiger charge is 2.15. The summed E-state index contributed by atoms with van der Waals surface area (Å²) in [6.07, 6.45) is 3.30. The number of nitrogens with one attached hydrogen (secondary N) is 1. The molecule has 2 aromatic heterocycles. The van der Waals surface area contributed by atoms with Gasteiger partial charge in [0.15, 0.2) is 0 Å². The Labute approximate surface area is 144 Å². The first-order chi connectivity index (χ1) is 12.1. The Kier molecular flexibility index (Phi) is 4.79. The largest absolute Gasteiger partial charge is 0.497 e. The molecular formula is C19H18N2O4. The molecule has 25 heavy (non-hydrogen) atoms. The van der Waals surface area contributed by atoms with Crippen LogP contribution >= 0.6 is 0 Å². The lowest BCUT2D eigenvalue weighted by atomic mass is 10.0. The Morgan fingerprint density at radius 3 is 2.72 bits per heavy atom. The van der Waals surface area contributed by atoms with Gasteiger partial charge in [-0.1, -0.05) is 0 Å². The number of benzene rings is 1. The van der Waals surface area contributed by atoms with Crippen LogP contribution in [0.25, 0.3) is 11.0 Å². The van der Waals surface area contributed by atoms with E-state index in [0.29, 0.717) is 23.4 Å². The number of ether oxygens (including phenoxy) is 1. The summed E-state index contributed by atoms with van der Waals surface area (Å²) in [4.78, 5) is 28.4. The van der Waals surface area contributed by atoms with Crippen LogP contribution in [-0.2, 0) is 17.8 Å². The number of hydrogen-bond donors (Lipinski definition) is 1. The van der Waals surface area contributed by atoms with Gasteiger partial charge in [-0.25, -0.2) is 4.79 Å². The molecule has 0 bridgehead atoms. The number of methoxy groups -OCH3 is 1. The van der Waals surface area contributed by atoms with E-state index in [4.69, 9.17) is 9.15 Å². The Morgan fingerprint density at radius 2 is 2.00 bits per heavy atom. The van der Waals surface area contributed by atoms with Gasteiger partial charge < -0.3 is 14.5 Å². The average molecular weight is 338 g/mol. The zero-order valence-corrected chi connectivity index (χ0v) is 14.0. The minimum Gasteiger partial charge on any atom is -0.497 e. The van der Waals surface area contributed by atoms with Gasteiger partial charge in [0.25, 0.3) is 0 Å². The first-order valence-electron chi connectivity index (χ1n) is 7.84. The summed E-state index contributed by atoms with van der Waals surface area (Å²) in [5, 5.41) is 3.59. The van der Waals surface area contributed by atoms with E-state index in [1.165, 1.54) is 0 Å². The van der Waals surface area contributed by atoms with Crippen molar-refractivity contribution in [3.8, 4) is 5.75 Å². The number of nitrogens with zero attached hydrogens (tertiary/aromatic N) is 1. The van der Waals surface area contributed by atoms with Gasteiger partial charge in [-0.3, -0.25) is 9.78 Å². The minimum atomic E-state index is -0.502. The number of carbonyl (C=O) groups is 1. The molecule has 128 valence electrons. The monoisotopic (exact) mass is 338 g/mol. The second kappa shape index (κ2) is 7.17. The van der Waals surface area contributed by atoms with Crippen LogP contribution in [0.3, 0.4) is 0 Å². The van der Waals surface area contributed by atoms with E-state index in [-0.39, 0.29) is 12.3 Å². The van der Waals surface area contributed by atoms with Crippen molar-refractivity contribution in [3.63, 3.8) is 0 Å². The predicted molar refractivity (Wildman–Crippen MR) is 93.6 cm³/mol. The second-order valence-corrected chi connectivity index (χ2v) is 5.66. The van der Waals surface area contributed by atoms with E-state index < -0.39 is 5.63 Å². The van der Waals surface area contributed by atoms with Crippen molar-refractivity contribution in [2.45, 2.75) is 19.9 Å². The van der Waals surface area contributed by atoms with E-state index in [1.807, 2.05) is 25.1 Å². The molecule has 0 atom stereocenters. The van der Waals surface area contributed by atoms with Gasteiger partial charge in [-0.2, -0.15) is 0 Å². The normalized spacial score (nSPS) is 10.6. The van der Waals surface area contributed by atoms with E-state index in [0.717, 1.165) is 16.5 Å². The highest BCUT2D eigenvalue weighted by Crippen LogP contribution is 2.24.